The maximum absolute atomic E-state index is 12.5. The Bertz CT molecular complexity index is 848. The molecule has 0 radical (unpaired) electrons. The van der Waals surface area contributed by atoms with Crippen molar-refractivity contribution < 1.29 is 19.2 Å². The van der Waals surface area contributed by atoms with Crippen molar-refractivity contribution >= 4 is 17.3 Å². The molecule has 0 aliphatic carbocycles. The molecule has 0 saturated carbocycles. The highest BCUT2D eigenvalue weighted by molar-refractivity contribution is 5.76. The van der Waals surface area contributed by atoms with Crippen LogP contribution in [0.15, 0.2) is 48.5 Å². The summed E-state index contributed by atoms with van der Waals surface area (Å²) in [7, 11) is 0. The highest BCUT2D eigenvalue weighted by Crippen LogP contribution is 2.26. The number of anilines is 1. The van der Waals surface area contributed by atoms with Gasteiger partial charge in [0.05, 0.1) is 18.1 Å². The number of nitrogens with zero attached hydrogens (tertiary/aromatic N) is 3. The summed E-state index contributed by atoms with van der Waals surface area (Å²) < 4.78 is 11.3. The Morgan fingerprint density at radius 2 is 1.63 bits per heavy atom. The lowest BCUT2D eigenvalue weighted by Gasteiger charge is -2.36. The van der Waals surface area contributed by atoms with Crippen molar-refractivity contribution in [1.29, 1.82) is 0 Å². The number of ether oxygens (including phenoxy) is 2. The van der Waals surface area contributed by atoms with Crippen LogP contribution in [0.5, 0.6) is 11.5 Å². The molecule has 8 heteroatoms. The number of benzene rings is 2. The Morgan fingerprint density at radius 1 is 1.00 bits per heavy atom. The van der Waals surface area contributed by atoms with Crippen LogP contribution in [0.1, 0.15) is 19.8 Å². The summed E-state index contributed by atoms with van der Waals surface area (Å²) in [6.45, 7) is 5.66. The van der Waals surface area contributed by atoms with Gasteiger partial charge in [0.1, 0.15) is 0 Å². The van der Waals surface area contributed by atoms with Crippen LogP contribution in [-0.2, 0) is 4.79 Å². The molecule has 0 unspecified atom stereocenters. The first kappa shape index (κ1) is 21.4. The number of amides is 1. The van der Waals surface area contributed by atoms with E-state index in [9.17, 15) is 14.9 Å². The molecule has 160 valence electrons. The highest BCUT2D eigenvalue weighted by Gasteiger charge is 2.21. The second-order valence-electron chi connectivity index (χ2n) is 6.97. The number of carbonyl (C=O) groups excluding carboxylic acids is 1. The van der Waals surface area contributed by atoms with E-state index in [-0.39, 0.29) is 11.6 Å². The summed E-state index contributed by atoms with van der Waals surface area (Å²) in [6, 6.07) is 14.1. The van der Waals surface area contributed by atoms with Gasteiger partial charge in [-0.25, -0.2) is 0 Å². The minimum Gasteiger partial charge on any atom is -0.490 e. The molecule has 30 heavy (non-hydrogen) atoms. The number of nitro benzene ring substituents is 1. The van der Waals surface area contributed by atoms with Gasteiger partial charge in [-0.2, -0.15) is 0 Å². The molecule has 1 fully saturated rings. The SMILES string of the molecule is CCOc1ccccc1OCCCC(=O)N1CCN(c2ccc([N+](=O)[O-])cc2)CC1. The fourth-order valence-electron chi connectivity index (χ4n) is 3.41. The van der Waals surface area contributed by atoms with E-state index in [0.29, 0.717) is 63.7 Å². The lowest BCUT2D eigenvalue weighted by atomic mass is 10.2. The van der Waals surface area contributed by atoms with Crippen LogP contribution in [-0.4, -0.2) is 55.1 Å². The van der Waals surface area contributed by atoms with E-state index in [2.05, 4.69) is 4.90 Å². The van der Waals surface area contributed by atoms with E-state index in [4.69, 9.17) is 9.47 Å². The normalized spacial score (nSPS) is 13.8. The van der Waals surface area contributed by atoms with Crippen molar-refractivity contribution in [3.8, 4) is 11.5 Å². The van der Waals surface area contributed by atoms with Gasteiger partial charge in [0.2, 0.25) is 5.91 Å². The van der Waals surface area contributed by atoms with Crippen molar-refractivity contribution in [2.45, 2.75) is 19.8 Å². The number of piperazine rings is 1. The molecule has 1 aliphatic heterocycles. The predicted molar refractivity (Wildman–Crippen MR) is 114 cm³/mol. The quantitative estimate of drug-likeness (QED) is 0.355. The predicted octanol–water partition coefficient (Wildman–Crippen LogP) is 3.50. The van der Waals surface area contributed by atoms with E-state index in [1.165, 1.54) is 12.1 Å². The van der Waals surface area contributed by atoms with E-state index in [1.807, 2.05) is 36.1 Å². The van der Waals surface area contributed by atoms with Crippen molar-refractivity contribution in [3.63, 3.8) is 0 Å². The van der Waals surface area contributed by atoms with E-state index >= 15 is 0 Å². The molecular weight excluding hydrogens is 386 g/mol. The Kier molecular flexibility index (Phi) is 7.48. The van der Waals surface area contributed by atoms with Gasteiger partial charge < -0.3 is 19.3 Å². The van der Waals surface area contributed by atoms with Crippen LogP contribution in [0.3, 0.4) is 0 Å². The molecule has 3 rings (SSSR count). The summed E-state index contributed by atoms with van der Waals surface area (Å²) in [6.07, 6.45) is 1.08. The molecule has 1 saturated heterocycles. The third kappa shape index (κ3) is 5.62. The van der Waals surface area contributed by atoms with Crippen LogP contribution < -0.4 is 14.4 Å². The number of hydrogen-bond acceptors (Lipinski definition) is 6. The van der Waals surface area contributed by atoms with Gasteiger partial charge >= 0.3 is 0 Å². The van der Waals surface area contributed by atoms with Crippen LogP contribution in [0, 0.1) is 10.1 Å². The average molecular weight is 413 g/mol. The molecule has 1 heterocycles. The Labute approximate surface area is 176 Å². The maximum atomic E-state index is 12.5. The first-order valence-electron chi connectivity index (χ1n) is 10.2. The summed E-state index contributed by atoms with van der Waals surface area (Å²) in [5.74, 6) is 1.54. The average Bonchev–Trinajstić information content (AvgIpc) is 2.78. The highest BCUT2D eigenvalue weighted by atomic mass is 16.6. The molecule has 0 aromatic heterocycles. The molecule has 2 aromatic carbocycles. The zero-order chi connectivity index (χ0) is 21.3. The second kappa shape index (κ2) is 10.5. The van der Waals surface area contributed by atoms with Crippen molar-refractivity contribution in [3.05, 3.63) is 58.6 Å². The first-order valence-corrected chi connectivity index (χ1v) is 10.2. The minimum absolute atomic E-state index is 0.0821. The molecular formula is C22H27N3O5. The number of non-ortho nitro benzene ring substituents is 1. The van der Waals surface area contributed by atoms with Crippen LogP contribution in [0.25, 0.3) is 0 Å². The van der Waals surface area contributed by atoms with Gasteiger partial charge in [0.25, 0.3) is 5.69 Å². The third-order valence-corrected chi connectivity index (χ3v) is 5.00. The topological polar surface area (TPSA) is 85.2 Å². The molecule has 0 bridgehead atoms. The van der Waals surface area contributed by atoms with E-state index in [0.717, 1.165) is 5.69 Å². The molecule has 2 aromatic rings. The standard InChI is InChI=1S/C22H27N3O5/c1-2-29-20-6-3-4-7-21(20)30-17-5-8-22(26)24-15-13-23(14-16-24)18-9-11-19(12-10-18)25(27)28/h3-4,6-7,9-12H,2,5,8,13-17H2,1H3. The van der Waals surface area contributed by atoms with Gasteiger partial charge in [-0.3, -0.25) is 14.9 Å². The maximum Gasteiger partial charge on any atom is 0.269 e. The van der Waals surface area contributed by atoms with E-state index < -0.39 is 4.92 Å². The smallest absolute Gasteiger partial charge is 0.269 e. The fraction of sp³-hybridized carbons (Fsp3) is 0.409. The second-order valence-corrected chi connectivity index (χ2v) is 6.97. The Morgan fingerprint density at radius 3 is 2.23 bits per heavy atom. The number of hydrogen-bond donors (Lipinski definition) is 0. The van der Waals surface area contributed by atoms with Crippen molar-refractivity contribution in [2.24, 2.45) is 0 Å². The fourth-order valence-corrected chi connectivity index (χ4v) is 3.41. The Balaban J connectivity index is 1.40. The molecule has 1 amide bonds. The van der Waals surface area contributed by atoms with Crippen molar-refractivity contribution in [1.82, 2.24) is 4.90 Å². The molecule has 8 nitrogen and oxygen atoms in total. The van der Waals surface area contributed by atoms with Crippen molar-refractivity contribution in [2.75, 3.05) is 44.3 Å². The van der Waals surface area contributed by atoms with Gasteiger partial charge in [-0.1, -0.05) is 12.1 Å². The summed E-state index contributed by atoms with van der Waals surface area (Å²) >= 11 is 0. The first-order chi connectivity index (χ1) is 14.6. The number of rotatable bonds is 9. The largest absolute Gasteiger partial charge is 0.490 e. The van der Waals surface area contributed by atoms with E-state index in [1.54, 1.807) is 12.1 Å². The van der Waals surface area contributed by atoms with Gasteiger partial charge in [0.15, 0.2) is 11.5 Å². The summed E-state index contributed by atoms with van der Waals surface area (Å²) in [5, 5.41) is 10.8. The minimum atomic E-state index is -0.403. The number of carbonyl (C=O) groups is 1. The molecule has 0 atom stereocenters. The third-order valence-electron chi connectivity index (χ3n) is 5.00. The van der Waals surface area contributed by atoms with Crippen LogP contribution in [0.4, 0.5) is 11.4 Å². The number of nitro groups is 1. The summed E-state index contributed by atoms with van der Waals surface area (Å²) in [4.78, 5) is 26.9. The van der Waals surface area contributed by atoms with Gasteiger partial charge in [0, 0.05) is 50.4 Å². The van der Waals surface area contributed by atoms with Crippen LogP contribution >= 0.6 is 0 Å². The Hall–Kier alpha value is -3.29. The van der Waals surface area contributed by atoms with Crippen LogP contribution in [0.2, 0.25) is 0 Å². The molecule has 0 spiro atoms. The molecule has 0 N–H and O–H groups in total. The monoisotopic (exact) mass is 413 g/mol. The summed E-state index contributed by atoms with van der Waals surface area (Å²) in [5.41, 5.74) is 1.02. The van der Waals surface area contributed by atoms with Gasteiger partial charge in [-0.05, 0) is 37.6 Å². The zero-order valence-corrected chi connectivity index (χ0v) is 17.2. The molecule has 1 aliphatic rings. The lowest BCUT2D eigenvalue weighted by molar-refractivity contribution is -0.384. The zero-order valence-electron chi connectivity index (χ0n) is 17.2. The van der Waals surface area contributed by atoms with Gasteiger partial charge in [-0.15, -0.1) is 0 Å². The number of para-hydroxylation sites is 2. The lowest BCUT2D eigenvalue weighted by Crippen LogP contribution is -2.48.